The van der Waals surface area contributed by atoms with Gasteiger partial charge in [0.15, 0.2) is 0 Å². The summed E-state index contributed by atoms with van der Waals surface area (Å²) < 4.78 is 7.38. The number of nitrogens with two attached hydrogens (primary N) is 1. The fourth-order valence-electron chi connectivity index (χ4n) is 4.30. The molecule has 0 radical (unpaired) electrons. The van der Waals surface area contributed by atoms with Gasteiger partial charge in [-0.2, -0.15) is 5.10 Å². The lowest BCUT2D eigenvalue weighted by atomic mass is 10.1. The van der Waals surface area contributed by atoms with Crippen LogP contribution in [-0.4, -0.2) is 57.8 Å². The Balaban J connectivity index is 1.34. The molecule has 2 aliphatic rings. The fraction of sp³-hybridized carbons (Fsp3) is 0.500. The summed E-state index contributed by atoms with van der Waals surface area (Å²) in [4.78, 5) is 27.3. The summed E-state index contributed by atoms with van der Waals surface area (Å²) in [6, 6.07) is 8.83. The van der Waals surface area contributed by atoms with E-state index in [1.165, 1.54) is 0 Å². The van der Waals surface area contributed by atoms with Crippen LogP contribution in [0.15, 0.2) is 36.5 Å². The lowest BCUT2D eigenvalue weighted by Crippen LogP contribution is -2.54. The van der Waals surface area contributed by atoms with E-state index in [0.717, 1.165) is 36.1 Å². The van der Waals surface area contributed by atoms with E-state index in [1.54, 1.807) is 11.1 Å². The minimum absolute atomic E-state index is 0.129. The molecule has 0 saturated carbocycles. The zero-order chi connectivity index (χ0) is 21.1. The van der Waals surface area contributed by atoms with Gasteiger partial charge in [0.1, 0.15) is 12.1 Å². The molecular weight excluding hydrogens is 382 g/mol. The van der Waals surface area contributed by atoms with Crippen molar-refractivity contribution in [3.8, 4) is 11.3 Å². The summed E-state index contributed by atoms with van der Waals surface area (Å²) in [6.07, 6.45) is 4.72. The zero-order valence-electron chi connectivity index (χ0n) is 17.3. The van der Waals surface area contributed by atoms with Crippen LogP contribution in [0.4, 0.5) is 0 Å². The van der Waals surface area contributed by atoms with Crippen molar-refractivity contribution in [2.45, 2.75) is 50.4 Å². The minimum atomic E-state index is -0.694. The lowest BCUT2D eigenvalue weighted by Gasteiger charge is -2.28. The summed E-state index contributed by atoms with van der Waals surface area (Å²) in [7, 11) is 1.91. The maximum absolute atomic E-state index is 12.8. The first-order valence-corrected chi connectivity index (χ1v) is 10.6. The number of carbonyl (C=O) groups excluding carboxylic acids is 2. The minimum Gasteiger partial charge on any atom is -0.376 e. The molecule has 2 amide bonds. The van der Waals surface area contributed by atoms with E-state index in [2.05, 4.69) is 10.4 Å². The third-order valence-electron chi connectivity index (χ3n) is 6.03. The molecule has 3 atom stereocenters. The molecule has 2 saturated heterocycles. The van der Waals surface area contributed by atoms with Crippen LogP contribution in [0.25, 0.3) is 11.3 Å². The fourth-order valence-corrected chi connectivity index (χ4v) is 4.30. The van der Waals surface area contributed by atoms with Crippen molar-refractivity contribution in [1.82, 2.24) is 20.0 Å². The van der Waals surface area contributed by atoms with Gasteiger partial charge in [0.25, 0.3) is 0 Å². The van der Waals surface area contributed by atoms with E-state index in [-0.39, 0.29) is 17.9 Å². The van der Waals surface area contributed by atoms with Crippen molar-refractivity contribution in [2.24, 2.45) is 12.8 Å². The van der Waals surface area contributed by atoms with Crippen LogP contribution in [0.1, 0.15) is 31.2 Å². The Morgan fingerprint density at radius 3 is 2.70 bits per heavy atom. The van der Waals surface area contributed by atoms with E-state index in [9.17, 15) is 9.59 Å². The smallest absolute Gasteiger partial charge is 0.243 e. The Morgan fingerprint density at radius 1 is 1.23 bits per heavy atom. The average molecular weight is 412 g/mol. The van der Waals surface area contributed by atoms with Gasteiger partial charge in [0.2, 0.25) is 11.8 Å². The number of rotatable bonds is 6. The molecule has 1 aromatic carbocycles. The molecule has 3 N–H and O–H groups in total. The Kier molecular flexibility index (Phi) is 6.15. The van der Waals surface area contributed by atoms with Crippen molar-refractivity contribution in [3.63, 3.8) is 0 Å². The van der Waals surface area contributed by atoms with Crippen molar-refractivity contribution < 1.29 is 14.3 Å². The standard InChI is InChI=1S/C22H29N5O3/c1-26-17(10-11-25-26)16-8-6-15(7-9-16)14-24-21(28)18-4-2-12-27(18)22(29)20(23)19-5-3-13-30-19/h6-11,18-20H,2-5,12-14,23H2,1H3,(H,24,28)/t18?,19-,20?/m1/s1. The van der Waals surface area contributed by atoms with Crippen LogP contribution in [0.3, 0.4) is 0 Å². The molecule has 0 bridgehead atoms. The third-order valence-corrected chi connectivity index (χ3v) is 6.03. The highest BCUT2D eigenvalue weighted by Crippen LogP contribution is 2.22. The maximum atomic E-state index is 12.8. The van der Waals surface area contributed by atoms with Gasteiger partial charge < -0.3 is 20.7 Å². The molecule has 4 rings (SSSR count). The van der Waals surface area contributed by atoms with Gasteiger partial charge >= 0.3 is 0 Å². The highest BCUT2D eigenvalue weighted by molar-refractivity contribution is 5.90. The predicted molar refractivity (Wildman–Crippen MR) is 112 cm³/mol. The first-order valence-electron chi connectivity index (χ1n) is 10.6. The van der Waals surface area contributed by atoms with Gasteiger partial charge in [-0.15, -0.1) is 0 Å². The second-order valence-corrected chi connectivity index (χ2v) is 8.02. The number of amides is 2. The van der Waals surface area contributed by atoms with Gasteiger partial charge in [-0.3, -0.25) is 14.3 Å². The molecule has 2 unspecified atom stereocenters. The SMILES string of the molecule is Cn1nccc1-c1ccc(CNC(=O)C2CCCN2C(=O)C(N)[C@H]2CCCO2)cc1. The van der Waals surface area contributed by atoms with E-state index in [1.807, 2.05) is 42.1 Å². The van der Waals surface area contributed by atoms with Crippen molar-refractivity contribution in [3.05, 3.63) is 42.1 Å². The number of nitrogens with zero attached hydrogens (tertiary/aromatic N) is 3. The number of likely N-dealkylation sites (tertiary alicyclic amines) is 1. The molecule has 2 aromatic rings. The average Bonchev–Trinajstić information content (AvgIpc) is 3.53. The Morgan fingerprint density at radius 2 is 2.03 bits per heavy atom. The Bertz CT molecular complexity index is 888. The van der Waals surface area contributed by atoms with Crippen LogP contribution in [0, 0.1) is 0 Å². The highest BCUT2D eigenvalue weighted by atomic mass is 16.5. The molecule has 3 heterocycles. The molecule has 30 heavy (non-hydrogen) atoms. The molecule has 1 aromatic heterocycles. The molecule has 8 nitrogen and oxygen atoms in total. The number of carbonyl (C=O) groups is 2. The second kappa shape index (κ2) is 8.97. The summed E-state index contributed by atoms with van der Waals surface area (Å²) >= 11 is 0. The van der Waals surface area contributed by atoms with Crippen LogP contribution in [0.2, 0.25) is 0 Å². The first kappa shape index (κ1) is 20.6. The summed E-state index contributed by atoms with van der Waals surface area (Å²) in [5, 5.41) is 7.17. The normalized spacial score (nSPS) is 22.3. The monoisotopic (exact) mass is 411 g/mol. The summed E-state index contributed by atoms with van der Waals surface area (Å²) in [5.41, 5.74) is 9.25. The molecule has 160 valence electrons. The van der Waals surface area contributed by atoms with Gasteiger partial charge in [0.05, 0.1) is 11.8 Å². The number of aryl methyl sites for hydroxylation is 1. The second-order valence-electron chi connectivity index (χ2n) is 8.02. The Labute approximate surface area is 176 Å². The molecule has 0 spiro atoms. The molecular formula is C22H29N5O3. The molecule has 2 fully saturated rings. The quantitative estimate of drug-likeness (QED) is 0.744. The topological polar surface area (TPSA) is 102 Å². The van der Waals surface area contributed by atoms with E-state index in [4.69, 9.17) is 10.5 Å². The van der Waals surface area contributed by atoms with Crippen LogP contribution >= 0.6 is 0 Å². The number of hydrogen-bond acceptors (Lipinski definition) is 5. The van der Waals surface area contributed by atoms with Crippen molar-refractivity contribution in [1.29, 1.82) is 0 Å². The van der Waals surface area contributed by atoms with Gasteiger partial charge in [-0.25, -0.2) is 0 Å². The van der Waals surface area contributed by atoms with Gasteiger partial charge in [-0.1, -0.05) is 24.3 Å². The number of hydrogen-bond donors (Lipinski definition) is 2. The third kappa shape index (κ3) is 4.24. The van der Waals surface area contributed by atoms with Gasteiger partial charge in [0, 0.05) is 32.9 Å². The largest absolute Gasteiger partial charge is 0.376 e. The van der Waals surface area contributed by atoms with Crippen LogP contribution < -0.4 is 11.1 Å². The molecule has 2 aliphatic heterocycles. The highest BCUT2D eigenvalue weighted by Gasteiger charge is 2.39. The molecule has 0 aliphatic carbocycles. The number of ether oxygens (including phenoxy) is 1. The van der Waals surface area contributed by atoms with E-state index < -0.39 is 12.1 Å². The number of benzene rings is 1. The van der Waals surface area contributed by atoms with E-state index in [0.29, 0.717) is 26.1 Å². The van der Waals surface area contributed by atoms with Crippen LogP contribution in [-0.2, 0) is 27.9 Å². The van der Waals surface area contributed by atoms with Crippen molar-refractivity contribution >= 4 is 11.8 Å². The summed E-state index contributed by atoms with van der Waals surface area (Å²) in [6.45, 7) is 1.63. The summed E-state index contributed by atoms with van der Waals surface area (Å²) in [5.74, 6) is -0.309. The van der Waals surface area contributed by atoms with E-state index >= 15 is 0 Å². The van der Waals surface area contributed by atoms with Gasteiger partial charge in [-0.05, 0) is 42.9 Å². The maximum Gasteiger partial charge on any atom is 0.243 e. The zero-order valence-corrected chi connectivity index (χ0v) is 17.3. The van der Waals surface area contributed by atoms with Crippen molar-refractivity contribution in [2.75, 3.05) is 13.2 Å². The predicted octanol–water partition coefficient (Wildman–Crippen LogP) is 1.20. The Hall–Kier alpha value is -2.71. The molecule has 8 heteroatoms. The first-order chi connectivity index (χ1) is 14.5. The number of aromatic nitrogens is 2. The lowest BCUT2D eigenvalue weighted by molar-refractivity contribution is -0.141. The van der Waals surface area contributed by atoms with Crippen LogP contribution in [0.5, 0.6) is 0 Å². The number of nitrogens with one attached hydrogen (secondary N) is 1.